The molecule has 3 aliphatic heterocycles. The second kappa shape index (κ2) is 8.30. The minimum absolute atomic E-state index is 0.0135. The smallest absolute Gasteiger partial charge is 0.240 e. The average Bonchev–Trinajstić information content (AvgIpc) is 3.47. The summed E-state index contributed by atoms with van der Waals surface area (Å²) in [5, 5.41) is 7.85. The number of carbonyl (C=O) groups is 1. The van der Waals surface area contributed by atoms with E-state index in [1.807, 2.05) is 51.4 Å². The van der Waals surface area contributed by atoms with E-state index in [2.05, 4.69) is 46.6 Å². The molecule has 1 fully saturated rings. The van der Waals surface area contributed by atoms with Crippen LogP contribution in [-0.4, -0.2) is 53.1 Å². The Morgan fingerprint density at radius 2 is 2.03 bits per heavy atom. The van der Waals surface area contributed by atoms with Crippen LogP contribution in [0.25, 0.3) is 4.91 Å². The summed E-state index contributed by atoms with van der Waals surface area (Å²) in [6.07, 6.45) is 1.80. The normalized spacial score (nSPS) is 26.8. The largest absolute Gasteiger partial charge is 0.378 e. The molecule has 3 aliphatic rings. The number of benzene rings is 1. The van der Waals surface area contributed by atoms with E-state index in [9.17, 15) is 4.79 Å². The zero-order valence-electron chi connectivity index (χ0n) is 19.9. The molecule has 0 bridgehead atoms. The molecule has 3 unspecified atom stereocenters. The van der Waals surface area contributed by atoms with Gasteiger partial charge in [-0.2, -0.15) is 0 Å². The minimum atomic E-state index is -0.720. The number of hydrogen-bond acceptors (Lipinski definition) is 7. The first-order valence-electron chi connectivity index (χ1n) is 11.3. The van der Waals surface area contributed by atoms with Crippen LogP contribution in [-0.2, 0) is 15.4 Å². The average molecular weight is 458 g/mol. The maximum atomic E-state index is 13.2. The molecule has 1 saturated heterocycles. The van der Waals surface area contributed by atoms with Gasteiger partial charge in [0.15, 0.2) is 5.84 Å². The highest BCUT2D eigenvalue weighted by atomic mass is 32.2. The van der Waals surface area contributed by atoms with Crippen LogP contribution in [0.5, 0.6) is 0 Å². The molecule has 174 valence electrons. The van der Waals surface area contributed by atoms with Crippen molar-refractivity contribution in [2.75, 3.05) is 19.5 Å². The van der Waals surface area contributed by atoms with Gasteiger partial charge in [-0.1, -0.05) is 50.2 Å². The van der Waals surface area contributed by atoms with Crippen LogP contribution in [0.2, 0.25) is 0 Å². The van der Waals surface area contributed by atoms with Crippen LogP contribution in [0.3, 0.4) is 0 Å². The summed E-state index contributed by atoms with van der Waals surface area (Å²) in [5.41, 5.74) is 8.74. The topological polar surface area (TPSA) is 83.2 Å². The molecule has 3 atom stereocenters. The second-order valence-electron chi connectivity index (χ2n) is 10.1. The van der Waals surface area contributed by atoms with Gasteiger partial charge in [-0.15, -0.1) is 11.8 Å². The molecule has 7 nitrogen and oxygen atoms in total. The van der Waals surface area contributed by atoms with Crippen molar-refractivity contribution in [3.8, 4) is 0 Å². The van der Waals surface area contributed by atoms with Gasteiger partial charge in [0.2, 0.25) is 11.6 Å². The Morgan fingerprint density at radius 1 is 1.34 bits per heavy atom. The van der Waals surface area contributed by atoms with Crippen LogP contribution >= 0.6 is 11.8 Å². The standard InChI is InChI=1S/C24H35N5O2S/c1-15-19(32-14-26-15)16-9-11-17(12-10-16)24(5)28(6)21(27-31-24)18-8-7-13-29(18)22(30)20(25)23(2,3)4/h9-12,18,20,26H,7-8,13-14,25H2,1-6H3. The number of allylic oxidation sites excluding steroid dienone is 1. The van der Waals surface area contributed by atoms with E-state index < -0.39 is 11.8 Å². The molecule has 3 N–H and O–H groups in total. The third-order valence-electron chi connectivity index (χ3n) is 6.91. The summed E-state index contributed by atoms with van der Waals surface area (Å²) >= 11 is 1.82. The highest BCUT2D eigenvalue weighted by molar-refractivity contribution is 8.08. The van der Waals surface area contributed by atoms with Crippen LogP contribution in [0.1, 0.15) is 58.6 Å². The number of likely N-dealkylation sites (N-methyl/N-ethyl adjacent to an activating group) is 1. The van der Waals surface area contributed by atoms with Gasteiger partial charge in [0.25, 0.3) is 0 Å². The molecule has 8 heteroatoms. The predicted octanol–water partition coefficient (Wildman–Crippen LogP) is 3.48. The number of likely N-dealkylation sites (tertiary alicyclic amines) is 1. The van der Waals surface area contributed by atoms with Crippen LogP contribution in [0.4, 0.5) is 0 Å². The van der Waals surface area contributed by atoms with Crippen molar-refractivity contribution in [1.29, 1.82) is 0 Å². The molecule has 0 radical (unpaired) electrons. The minimum Gasteiger partial charge on any atom is -0.378 e. The molecular weight excluding hydrogens is 422 g/mol. The van der Waals surface area contributed by atoms with E-state index in [-0.39, 0.29) is 17.4 Å². The summed E-state index contributed by atoms with van der Waals surface area (Å²) in [6.45, 7) is 10.8. The zero-order chi connectivity index (χ0) is 23.3. The van der Waals surface area contributed by atoms with Gasteiger partial charge in [0.05, 0.1) is 18.0 Å². The van der Waals surface area contributed by atoms with Gasteiger partial charge >= 0.3 is 0 Å². The Morgan fingerprint density at radius 3 is 2.62 bits per heavy atom. The number of nitrogens with one attached hydrogen (secondary N) is 1. The lowest BCUT2D eigenvalue weighted by Crippen LogP contribution is -2.55. The summed E-state index contributed by atoms with van der Waals surface area (Å²) in [6, 6.07) is 7.84. The Kier molecular flexibility index (Phi) is 5.96. The first-order chi connectivity index (χ1) is 15.0. The Bertz CT molecular complexity index is 952. The van der Waals surface area contributed by atoms with E-state index in [0.29, 0.717) is 6.54 Å². The molecule has 4 rings (SSSR count). The molecule has 1 aromatic carbocycles. The predicted molar refractivity (Wildman–Crippen MR) is 130 cm³/mol. The van der Waals surface area contributed by atoms with E-state index in [1.54, 1.807) is 0 Å². The third-order valence-corrected chi connectivity index (χ3v) is 8.03. The van der Waals surface area contributed by atoms with E-state index in [0.717, 1.165) is 30.1 Å². The zero-order valence-corrected chi connectivity index (χ0v) is 20.8. The Hall–Kier alpha value is -2.19. The quantitative estimate of drug-likeness (QED) is 0.720. The number of oxime groups is 1. The van der Waals surface area contributed by atoms with Crippen LogP contribution in [0.15, 0.2) is 35.1 Å². The number of amides is 1. The highest BCUT2D eigenvalue weighted by Gasteiger charge is 2.47. The molecule has 1 amide bonds. The monoisotopic (exact) mass is 457 g/mol. The number of thioether (sulfide) groups is 1. The molecule has 0 aromatic heterocycles. The summed E-state index contributed by atoms with van der Waals surface area (Å²) in [4.78, 5) is 24.4. The van der Waals surface area contributed by atoms with E-state index >= 15 is 0 Å². The molecule has 3 heterocycles. The van der Waals surface area contributed by atoms with Gasteiger partial charge in [-0.05, 0) is 30.7 Å². The van der Waals surface area contributed by atoms with Crippen molar-refractivity contribution in [2.45, 2.75) is 65.3 Å². The summed E-state index contributed by atoms with van der Waals surface area (Å²) in [5.74, 6) is 1.69. The maximum absolute atomic E-state index is 13.2. The fourth-order valence-corrected chi connectivity index (χ4v) is 5.52. The van der Waals surface area contributed by atoms with Crippen molar-refractivity contribution < 1.29 is 9.63 Å². The lowest BCUT2D eigenvalue weighted by atomic mass is 9.86. The summed E-state index contributed by atoms with van der Waals surface area (Å²) < 4.78 is 0. The number of amidine groups is 1. The van der Waals surface area contributed by atoms with Crippen molar-refractivity contribution in [3.63, 3.8) is 0 Å². The van der Waals surface area contributed by atoms with Gasteiger partial charge in [0, 0.05) is 36.7 Å². The van der Waals surface area contributed by atoms with E-state index in [1.165, 1.54) is 16.2 Å². The van der Waals surface area contributed by atoms with Crippen LogP contribution < -0.4 is 11.1 Å². The van der Waals surface area contributed by atoms with E-state index in [4.69, 9.17) is 10.6 Å². The summed E-state index contributed by atoms with van der Waals surface area (Å²) in [7, 11) is 1.99. The first-order valence-corrected chi connectivity index (χ1v) is 12.3. The fourth-order valence-electron chi connectivity index (χ4n) is 4.49. The van der Waals surface area contributed by atoms with Crippen molar-refractivity contribution >= 4 is 28.4 Å². The van der Waals surface area contributed by atoms with Crippen molar-refractivity contribution in [2.24, 2.45) is 16.3 Å². The number of carbonyl (C=O) groups excluding carboxylic acids is 1. The molecule has 1 aromatic rings. The second-order valence-corrected chi connectivity index (χ2v) is 11.1. The number of nitrogens with zero attached hydrogens (tertiary/aromatic N) is 3. The SMILES string of the molecule is CC1=C(c2ccc(C3(C)ON=C(C4CCCN4C(=O)C(N)C(C)(C)C)N3C)cc2)SCN1. The van der Waals surface area contributed by atoms with Gasteiger partial charge in [-0.3, -0.25) is 4.79 Å². The number of nitrogens with two attached hydrogens (primary N) is 1. The van der Waals surface area contributed by atoms with Crippen LogP contribution in [0, 0.1) is 5.41 Å². The van der Waals surface area contributed by atoms with Crippen molar-refractivity contribution in [1.82, 2.24) is 15.1 Å². The molecule has 0 aliphatic carbocycles. The first kappa shape index (κ1) is 23.0. The lowest BCUT2D eigenvalue weighted by Gasteiger charge is -2.36. The van der Waals surface area contributed by atoms with Gasteiger partial charge in [-0.25, -0.2) is 0 Å². The van der Waals surface area contributed by atoms with Gasteiger partial charge in [0.1, 0.15) is 0 Å². The Labute approximate surface area is 195 Å². The fraction of sp³-hybridized carbons (Fsp3) is 0.583. The number of hydrogen-bond donors (Lipinski definition) is 2. The van der Waals surface area contributed by atoms with Crippen molar-refractivity contribution in [3.05, 3.63) is 41.1 Å². The van der Waals surface area contributed by atoms with Gasteiger partial charge < -0.3 is 25.7 Å². The molecule has 0 saturated carbocycles. The lowest BCUT2D eigenvalue weighted by molar-refractivity contribution is -0.134. The molecular formula is C24H35N5O2S. The highest BCUT2D eigenvalue weighted by Crippen LogP contribution is 2.39. The molecule has 0 spiro atoms. The number of rotatable bonds is 4. The third kappa shape index (κ3) is 3.88. The Balaban J connectivity index is 1.53. The molecule has 32 heavy (non-hydrogen) atoms. The maximum Gasteiger partial charge on any atom is 0.240 e.